The SMILES string of the molecule is CN(C)C.O=[P+](O)O. The fourth-order valence-electron chi connectivity index (χ4n) is 0. The predicted octanol–water partition coefficient (Wildman–Crippen LogP) is -0.194. The van der Waals surface area contributed by atoms with Gasteiger partial charge in [0.1, 0.15) is 0 Å². The molecule has 0 unspecified atom stereocenters. The lowest BCUT2D eigenvalue weighted by molar-refractivity contribution is 0.405. The molecule has 50 valence electrons. The molecule has 0 aromatic rings. The van der Waals surface area contributed by atoms with Crippen LogP contribution in [0.4, 0.5) is 0 Å². The largest absolute Gasteiger partial charge is 0.692 e. The highest BCUT2D eigenvalue weighted by Gasteiger charge is 1.93. The molecule has 0 amide bonds. The molecule has 0 heterocycles. The molecular weight excluding hydrogens is 129 g/mol. The van der Waals surface area contributed by atoms with Crippen LogP contribution in [0.5, 0.6) is 0 Å². The summed E-state index contributed by atoms with van der Waals surface area (Å²) in [5.41, 5.74) is 0. The molecule has 0 saturated carbocycles. The summed E-state index contributed by atoms with van der Waals surface area (Å²) >= 11 is 0. The van der Waals surface area contributed by atoms with E-state index in [2.05, 4.69) is 0 Å². The number of nitrogens with zero attached hydrogens (tertiary/aromatic N) is 1. The van der Waals surface area contributed by atoms with Crippen molar-refractivity contribution < 1.29 is 14.4 Å². The second-order valence-electron chi connectivity index (χ2n) is 1.59. The fraction of sp³-hybridized carbons (Fsp3) is 1.00. The first-order valence-corrected chi connectivity index (χ1v) is 3.09. The van der Waals surface area contributed by atoms with E-state index >= 15 is 0 Å². The van der Waals surface area contributed by atoms with Gasteiger partial charge in [0, 0.05) is 4.57 Å². The highest BCUT2D eigenvalue weighted by atomic mass is 31.1. The van der Waals surface area contributed by atoms with E-state index in [1.165, 1.54) is 0 Å². The minimum Gasteiger partial charge on any atom is -0.312 e. The third-order valence-electron chi connectivity index (χ3n) is 0. The van der Waals surface area contributed by atoms with Crippen LogP contribution in [0.3, 0.4) is 0 Å². The summed E-state index contributed by atoms with van der Waals surface area (Å²) < 4.78 is 8.70. The lowest BCUT2D eigenvalue weighted by Crippen LogP contribution is -1.99. The van der Waals surface area contributed by atoms with Gasteiger partial charge in [-0.05, 0) is 21.1 Å². The molecule has 5 heteroatoms. The summed E-state index contributed by atoms with van der Waals surface area (Å²) in [5, 5.41) is 0. The molecule has 4 nitrogen and oxygen atoms in total. The number of rotatable bonds is 0. The van der Waals surface area contributed by atoms with Crippen molar-refractivity contribution in [2.75, 3.05) is 21.1 Å². The molecule has 0 aromatic carbocycles. The summed E-state index contributed by atoms with van der Waals surface area (Å²) in [6, 6.07) is 0. The molecule has 0 bridgehead atoms. The standard InChI is InChI=1S/C3H9N.HO3P/c2*1-4(2)3/h1-3H3;(H-,1,2,3)/p+1. The maximum absolute atomic E-state index is 8.70. The van der Waals surface area contributed by atoms with E-state index < -0.39 is 8.25 Å². The third kappa shape index (κ3) is 371000. The van der Waals surface area contributed by atoms with Crippen LogP contribution in [0.15, 0.2) is 0 Å². The number of hydrogen-bond acceptors (Lipinski definition) is 2. The number of hydrogen-bond donors (Lipinski definition) is 2. The Morgan fingerprint density at radius 2 is 1.25 bits per heavy atom. The van der Waals surface area contributed by atoms with E-state index in [0.29, 0.717) is 0 Å². The van der Waals surface area contributed by atoms with Crippen molar-refractivity contribution in [3.05, 3.63) is 0 Å². The van der Waals surface area contributed by atoms with E-state index in [1.54, 1.807) is 0 Å². The second-order valence-corrected chi connectivity index (χ2v) is 2.10. The molecule has 0 atom stereocenters. The van der Waals surface area contributed by atoms with Gasteiger partial charge < -0.3 is 4.90 Å². The first kappa shape index (κ1) is 10.9. The molecule has 0 radical (unpaired) electrons. The highest BCUT2D eigenvalue weighted by Crippen LogP contribution is 1.98. The Labute approximate surface area is 49.7 Å². The van der Waals surface area contributed by atoms with E-state index in [9.17, 15) is 0 Å². The first-order valence-electron chi connectivity index (χ1n) is 1.92. The molecule has 0 aliphatic rings. The van der Waals surface area contributed by atoms with E-state index in [0.717, 1.165) is 0 Å². The Bertz CT molecular complexity index is 58.8. The predicted molar refractivity (Wildman–Crippen MR) is 31.7 cm³/mol. The van der Waals surface area contributed by atoms with Gasteiger partial charge in [0.05, 0.1) is 0 Å². The molecule has 0 spiro atoms. The smallest absolute Gasteiger partial charge is 0.312 e. The molecule has 0 aliphatic heterocycles. The van der Waals surface area contributed by atoms with Crippen LogP contribution in [0.2, 0.25) is 0 Å². The summed E-state index contributed by atoms with van der Waals surface area (Å²) in [7, 11) is 3.13. The van der Waals surface area contributed by atoms with Crippen LogP contribution in [0.1, 0.15) is 0 Å². The van der Waals surface area contributed by atoms with Gasteiger partial charge in [-0.2, -0.15) is 0 Å². The van der Waals surface area contributed by atoms with E-state index in [1.807, 2.05) is 26.0 Å². The lowest BCUT2D eigenvalue weighted by Gasteiger charge is -1.90. The van der Waals surface area contributed by atoms with Gasteiger partial charge in [0.25, 0.3) is 0 Å². The Hall–Kier alpha value is -0.0200. The molecule has 0 saturated heterocycles. The van der Waals surface area contributed by atoms with Crippen molar-refractivity contribution in [2.45, 2.75) is 0 Å². The van der Waals surface area contributed by atoms with Crippen LogP contribution in [0, 0.1) is 0 Å². The average Bonchev–Trinajstić information content (AvgIpc) is 1.25. The summed E-state index contributed by atoms with van der Waals surface area (Å²) in [5.74, 6) is 0. The fourth-order valence-corrected chi connectivity index (χ4v) is 0. The topological polar surface area (TPSA) is 60.8 Å². The zero-order valence-corrected chi connectivity index (χ0v) is 6.09. The second kappa shape index (κ2) is 6.98. The van der Waals surface area contributed by atoms with Crippen molar-refractivity contribution in [2.24, 2.45) is 0 Å². The van der Waals surface area contributed by atoms with E-state index in [-0.39, 0.29) is 0 Å². The summed E-state index contributed by atoms with van der Waals surface area (Å²) in [6.07, 6.45) is 0. The first-order chi connectivity index (χ1) is 3.46. The Balaban J connectivity index is 0. The zero-order chi connectivity index (χ0) is 7.15. The minimum absolute atomic E-state index is 2.00. The van der Waals surface area contributed by atoms with Gasteiger partial charge in [-0.15, -0.1) is 9.79 Å². The molecule has 0 rings (SSSR count). The van der Waals surface area contributed by atoms with Crippen molar-refractivity contribution in [1.82, 2.24) is 4.90 Å². The molecule has 0 aromatic heterocycles. The Kier molecular flexibility index (Phi) is 9.49. The van der Waals surface area contributed by atoms with Crippen LogP contribution in [0.25, 0.3) is 0 Å². The molecule has 2 N–H and O–H groups in total. The molecule has 0 fully saturated rings. The Morgan fingerprint density at radius 1 is 1.25 bits per heavy atom. The third-order valence-corrected chi connectivity index (χ3v) is 0. The quantitative estimate of drug-likeness (QED) is 0.457. The van der Waals surface area contributed by atoms with Gasteiger partial charge >= 0.3 is 8.25 Å². The summed E-state index contributed by atoms with van der Waals surface area (Å²) in [6.45, 7) is 0. The van der Waals surface area contributed by atoms with Crippen molar-refractivity contribution in [3.8, 4) is 0 Å². The summed E-state index contributed by atoms with van der Waals surface area (Å²) in [4.78, 5) is 16.2. The maximum Gasteiger partial charge on any atom is 0.692 e. The van der Waals surface area contributed by atoms with Crippen LogP contribution in [-0.4, -0.2) is 35.8 Å². The van der Waals surface area contributed by atoms with E-state index in [4.69, 9.17) is 14.4 Å². The van der Waals surface area contributed by atoms with Crippen molar-refractivity contribution >= 4 is 8.25 Å². The van der Waals surface area contributed by atoms with Crippen molar-refractivity contribution in [1.29, 1.82) is 0 Å². The molecular formula is C3H11NO3P+. The normalized spacial score (nSPS) is 7.75. The molecule has 8 heavy (non-hydrogen) atoms. The minimum atomic E-state index is -2.87. The van der Waals surface area contributed by atoms with Crippen LogP contribution >= 0.6 is 8.25 Å². The van der Waals surface area contributed by atoms with Gasteiger partial charge in [-0.25, -0.2) is 0 Å². The van der Waals surface area contributed by atoms with Gasteiger partial charge in [-0.1, -0.05) is 0 Å². The van der Waals surface area contributed by atoms with Crippen molar-refractivity contribution in [3.63, 3.8) is 0 Å². The molecule has 0 aliphatic carbocycles. The maximum atomic E-state index is 8.70. The zero-order valence-electron chi connectivity index (χ0n) is 5.20. The van der Waals surface area contributed by atoms with Gasteiger partial charge in [0.2, 0.25) is 0 Å². The van der Waals surface area contributed by atoms with Crippen LogP contribution < -0.4 is 0 Å². The Morgan fingerprint density at radius 3 is 1.25 bits per heavy atom. The van der Waals surface area contributed by atoms with Gasteiger partial charge in [-0.3, -0.25) is 0 Å². The lowest BCUT2D eigenvalue weighted by atomic mass is 11.0. The van der Waals surface area contributed by atoms with Crippen LogP contribution in [-0.2, 0) is 4.57 Å². The monoisotopic (exact) mass is 140 g/mol. The highest BCUT2D eigenvalue weighted by molar-refractivity contribution is 7.30. The average molecular weight is 140 g/mol. The van der Waals surface area contributed by atoms with Gasteiger partial charge in [0.15, 0.2) is 0 Å².